The van der Waals surface area contributed by atoms with Crippen LogP contribution in [0.1, 0.15) is 37.2 Å². The van der Waals surface area contributed by atoms with E-state index in [1.165, 1.54) is 30.2 Å². The van der Waals surface area contributed by atoms with E-state index in [1.807, 2.05) is 0 Å². The van der Waals surface area contributed by atoms with Crippen LogP contribution < -0.4 is 4.74 Å². The van der Waals surface area contributed by atoms with Gasteiger partial charge in [0.2, 0.25) is 6.29 Å². The number of carbonyl (C=O) groups excluding carboxylic acids is 2. The molecule has 0 radical (unpaired) electrons. The molecule has 13 nitrogen and oxygen atoms in total. The number of benzene rings is 1. The van der Waals surface area contributed by atoms with Crippen LogP contribution in [0.15, 0.2) is 36.7 Å². The lowest BCUT2D eigenvalue weighted by molar-refractivity contribution is -0.142. The maximum absolute atomic E-state index is 15.0. The lowest BCUT2D eigenvalue weighted by Crippen LogP contribution is -2.40. The molecule has 2 aromatic rings. The second-order valence-electron chi connectivity index (χ2n) is 8.86. The third-order valence-corrected chi connectivity index (χ3v) is 10.7. The molecule has 2 saturated heterocycles. The Bertz CT molecular complexity index is 1310. The van der Waals surface area contributed by atoms with Crippen LogP contribution in [-0.4, -0.2) is 61.1 Å². The molecule has 0 aliphatic carbocycles. The number of aliphatic hydroxyl groups is 1. The third kappa shape index (κ3) is 5.90. The van der Waals surface area contributed by atoms with Crippen molar-refractivity contribution in [2.75, 3.05) is 13.2 Å². The zero-order chi connectivity index (χ0) is 28.6. The highest BCUT2D eigenvalue weighted by atomic mass is 31.2. The molecule has 0 saturated carbocycles. The summed E-state index contributed by atoms with van der Waals surface area (Å²) in [5.41, 5.74) is -1.10. The Morgan fingerprint density at radius 1 is 1.21 bits per heavy atom. The number of nitrogens with zero attached hydrogens (tertiary/aromatic N) is 2. The number of carbonyl (C=O) groups is 2. The van der Waals surface area contributed by atoms with Gasteiger partial charge in [0.15, 0.2) is 0 Å². The number of halogens is 2. The van der Waals surface area contributed by atoms with Crippen molar-refractivity contribution in [2.45, 2.75) is 43.6 Å². The van der Waals surface area contributed by atoms with Crippen LogP contribution in [0.25, 0.3) is 0 Å². The highest BCUT2D eigenvalue weighted by molar-refractivity contribution is 7.73. The van der Waals surface area contributed by atoms with E-state index in [4.69, 9.17) is 18.5 Å². The average Bonchev–Trinajstić information content (AvgIpc) is 3.30. The summed E-state index contributed by atoms with van der Waals surface area (Å²) in [5, 5.41) is 7.38. The van der Waals surface area contributed by atoms with Crippen LogP contribution in [-0.2, 0) is 34.1 Å². The third-order valence-electron chi connectivity index (χ3n) is 6.13. The Kier molecular flexibility index (Phi) is 8.25. The summed E-state index contributed by atoms with van der Waals surface area (Å²) in [6, 6.07) is 3.33. The van der Waals surface area contributed by atoms with Crippen LogP contribution in [0.2, 0.25) is 0 Å². The molecule has 3 atom stereocenters. The molecular formula is C22H24F2N2O11P2. The van der Waals surface area contributed by atoms with Crippen LogP contribution in [0, 0.1) is 11.6 Å². The standard InChI is InChI=1S/C22H24F2N2O11P2/c1-13(27)34-12-15-5-3-7-26(15)21(28)35-16-8-17(23)19(18(24)9-16)20-36-38(30,31)22(29,39(32,33)37-20)10-14-4-2-6-25-11-14/h2,4,6,8-9,11,15,20,29H,3,5,7,10,12H2,1H3,(H,30,31)(H,32,33). The number of ether oxygens (including phenoxy) is 2. The van der Waals surface area contributed by atoms with Crippen LogP contribution in [0.4, 0.5) is 13.6 Å². The van der Waals surface area contributed by atoms with Gasteiger partial charge in [-0.15, -0.1) is 0 Å². The summed E-state index contributed by atoms with van der Waals surface area (Å²) < 4.78 is 75.2. The average molecular weight is 592 g/mol. The van der Waals surface area contributed by atoms with E-state index in [2.05, 4.69) is 4.98 Å². The van der Waals surface area contributed by atoms with Crippen LogP contribution in [0.3, 0.4) is 0 Å². The van der Waals surface area contributed by atoms with E-state index < -0.39 is 74.0 Å². The molecular weight excluding hydrogens is 568 g/mol. The molecule has 0 spiro atoms. The summed E-state index contributed by atoms with van der Waals surface area (Å²) in [6.45, 7) is 1.37. The second kappa shape index (κ2) is 11.0. The molecule has 2 aliphatic rings. The van der Waals surface area contributed by atoms with E-state index in [1.54, 1.807) is 0 Å². The minimum Gasteiger partial charge on any atom is -0.464 e. The first-order valence-electron chi connectivity index (χ1n) is 11.5. The van der Waals surface area contributed by atoms with E-state index >= 15 is 0 Å². The van der Waals surface area contributed by atoms with Gasteiger partial charge in [-0.1, -0.05) is 6.07 Å². The minimum atomic E-state index is -5.50. The van der Waals surface area contributed by atoms with Gasteiger partial charge in [-0.2, -0.15) is 0 Å². The van der Waals surface area contributed by atoms with Crippen molar-refractivity contribution in [1.82, 2.24) is 9.88 Å². The Labute approximate surface area is 220 Å². The maximum Gasteiger partial charge on any atom is 0.415 e. The predicted octanol–water partition coefficient (Wildman–Crippen LogP) is 3.19. The van der Waals surface area contributed by atoms with Gasteiger partial charge in [0.05, 0.1) is 11.6 Å². The van der Waals surface area contributed by atoms with Crippen molar-refractivity contribution in [2.24, 2.45) is 0 Å². The van der Waals surface area contributed by atoms with Gasteiger partial charge in [0.25, 0.3) is 5.08 Å². The van der Waals surface area contributed by atoms with Crippen LogP contribution >= 0.6 is 15.2 Å². The first kappa shape index (κ1) is 29.2. The van der Waals surface area contributed by atoms with E-state index in [0.29, 0.717) is 25.0 Å². The summed E-state index contributed by atoms with van der Waals surface area (Å²) >= 11 is 0. The quantitative estimate of drug-likeness (QED) is 0.330. The van der Waals surface area contributed by atoms with Crippen molar-refractivity contribution >= 4 is 27.3 Å². The molecule has 1 amide bonds. The lowest BCUT2D eigenvalue weighted by Gasteiger charge is -2.41. The number of aromatic nitrogens is 1. The first-order valence-corrected chi connectivity index (χ1v) is 14.6. The van der Waals surface area contributed by atoms with Gasteiger partial charge in [0.1, 0.15) is 24.0 Å². The van der Waals surface area contributed by atoms with Crippen molar-refractivity contribution in [3.63, 3.8) is 0 Å². The first-order chi connectivity index (χ1) is 18.2. The van der Waals surface area contributed by atoms with Crippen molar-refractivity contribution in [3.05, 3.63) is 59.4 Å². The maximum atomic E-state index is 15.0. The fraction of sp³-hybridized carbons (Fsp3) is 0.409. The summed E-state index contributed by atoms with van der Waals surface area (Å²) in [6.07, 6.45) is -0.782. The number of likely N-dealkylation sites (tertiary alicyclic amines) is 1. The van der Waals surface area contributed by atoms with Gasteiger partial charge >= 0.3 is 27.3 Å². The SMILES string of the molecule is CC(=O)OCC1CCCN1C(=O)Oc1cc(F)c(C2OP(=O)(O)C(O)(Cc3cccnc3)P(=O)(O)O2)c(F)c1. The summed E-state index contributed by atoms with van der Waals surface area (Å²) in [5.74, 6) is -4.14. The van der Waals surface area contributed by atoms with E-state index in [9.17, 15) is 42.4 Å². The zero-order valence-electron chi connectivity index (χ0n) is 20.3. The van der Waals surface area contributed by atoms with E-state index in [-0.39, 0.29) is 18.7 Å². The summed E-state index contributed by atoms with van der Waals surface area (Å²) in [7, 11) is -11.0. The van der Waals surface area contributed by atoms with Gasteiger partial charge in [0, 0.05) is 44.4 Å². The number of rotatable bonds is 6. The van der Waals surface area contributed by atoms with Crippen molar-refractivity contribution < 1.29 is 60.9 Å². The smallest absolute Gasteiger partial charge is 0.415 e. The molecule has 39 heavy (non-hydrogen) atoms. The number of esters is 1. The Morgan fingerprint density at radius 3 is 2.41 bits per heavy atom. The molecule has 3 unspecified atom stereocenters. The van der Waals surface area contributed by atoms with Crippen LogP contribution in [0.5, 0.6) is 5.75 Å². The second-order valence-corrected chi connectivity index (χ2v) is 13.2. The highest BCUT2D eigenvalue weighted by Gasteiger charge is 2.67. The fourth-order valence-electron chi connectivity index (χ4n) is 4.16. The highest BCUT2D eigenvalue weighted by Crippen LogP contribution is 2.79. The summed E-state index contributed by atoms with van der Waals surface area (Å²) in [4.78, 5) is 49.4. The van der Waals surface area contributed by atoms with Gasteiger partial charge in [-0.3, -0.25) is 28.0 Å². The molecule has 3 N–H and O–H groups in total. The van der Waals surface area contributed by atoms with Gasteiger partial charge < -0.3 is 29.3 Å². The molecule has 2 fully saturated rings. The fourth-order valence-corrected chi connectivity index (χ4v) is 7.70. The number of hydrogen-bond acceptors (Lipinski definition) is 10. The van der Waals surface area contributed by atoms with Crippen molar-refractivity contribution in [3.8, 4) is 5.75 Å². The van der Waals surface area contributed by atoms with Crippen molar-refractivity contribution in [1.29, 1.82) is 0 Å². The number of pyridine rings is 1. The molecule has 1 aromatic heterocycles. The largest absolute Gasteiger partial charge is 0.464 e. The molecule has 4 rings (SSSR count). The normalized spacial score (nSPS) is 30.7. The molecule has 212 valence electrons. The molecule has 1 aromatic carbocycles. The Morgan fingerprint density at radius 2 is 1.85 bits per heavy atom. The molecule has 0 bridgehead atoms. The molecule has 3 heterocycles. The van der Waals surface area contributed by atoms with E-state index in [0.717, 1.165) is 6.20 Å². The lowest BCUT2D eigenvalue weighted by atomic mass is 10.2. The Hall–Kier alpha value is -2.77. The topological polar surface area (TPSA) is 182 Å². The minimum absolute atomic E-state index is 0.0748. The number of hydrogen-bond donors (Lipinski definition) is 3. The molecule has 17 heteroatoms. The monoisotopic (exact) mass is 592 g/mol. The Balaban J connectivity index is 1.54. The predicted molar refractivity (Wildman–Crippen MR) is 126 cm³/mol. The molecule has 2 aliphatic heterocycles. The van der Waals surface area contributed by atoms with Gasteiger partial charge in [-0.25, -0.2) is 13.6 Å². The number of amides is 1. The van der Waals surface area contributed by atoms with Gasteiger partial charge in [-0.05, 0) is 24.5 Å². The zero-order valence-corrected chi connectivity index (χ0v) is 22.1.